The van der Waals surface area contributed by atoms with Gasteiger partial charge in [-0.15, -0.1) is 0 Å². The van der Waals surface area contributed by atoms with Crippen LogP contribution in [0.25, 0.3) is 0 Å². The first-order valence-electron chi connectivity index (χ1n) is 1.94. The fourth-order valence-electron chi connectivity index (χ4n) is 0.436. The summed E-state index contributed by atoms with van der Waals surface area (Å²) in [4.78, 5) is 0. The molecule has 0 spiro atoms. The summed E-state index contributed by atoms with van der Waals surface area (Å²) in [5.41, 5.74) is 2.31. The third-order valence-electron chi connectivity index (χ3n) is 0.752. The van der Waals surface area contributed by atoms with Gasteiger partial charge in [0.2, 0.25) is 0 Å². The monoisotopic (exact) mass is 212 g/mol. The second kappa shape index (κ2) is 1.97. The van der Waals surface area contributed by atoms with Gasteiger partial charge in [-0.3, -0.25) is 0 Å². The molecule has 0 fully saturated rings. The molecule has 0 atom stereocenters. The van der Waals surface area contributed by atoms with E-state index >= 15 is 0 Å². The summed E-state index contributed by atoms with van der Waals surface area (Å²) in [5.74, 6) is 0. The summed E-state index contributed by atoms with van der Waals surface area (Å²) in [5, 5.41) is 0. The van der Waals surface area contributed by atoms with E-state index in [4.69, 9.17) is 0 Å². The predicted molar refractivity (Wildman–Crippen MR) is 32.9 cm³/mol. The number of hydrogen-bond acceptors (Lipinski definition) is 0. The summed E-state index contributed by atoms with van der Waals surface area (Å²) in [6, 6.07) is 0. The van der Waals surface area contributed by atoms with E-state index in [1.807, 2.05) is 22.3 Å². The molecule has 0 radical (unpaired) electrons. The minimum atomic E-state index is 0.170. The Labute approximate surface area is 53.0 Å². The van der Waals surface area contributed by atoms with Crippen molar-refractivity contribution in [3.63, 3.8) is 0 Å². The summed E-state index contributed by atoms with van der Waals surface area (Å²) < 4.78 is 1.66. The molecule has 1 aliphatic heterocycles. The van der Waals surface area contributed by atoms with Crippen LogP contribution in [0, 0.1) is 0 Å². The van der Waals surface area contributed by atoms with Crippen LogP contribution in [-0.2, 0) is 0 Å². The molecule has 1 rings (SSSR count). The van der Waals surface area contributed by atoms with Crippen LogP contribution in [0.1, 0.15) is 0 Å². The molecule has 0 aliphatic carbocycles. The van der Waals surface area contributed by atoms with Crippen LogP contribution in [-0.4, -0.2) is 31.8 Å². The zero-order chi connectivity index (χ0) is 4.41. The standard InChI is InChI=1S/C4H6SiTe/c6-4-2-1-3-5-4/h1-3,6H,5H2. The Hall–Kier alpha value is 0.486. The molecule has 1 heterocycles. The van der Waals surface area contributed by atoms with Gasteiger partial charge in [0.1, 0.15) is 0 Å². The Morgan fingerprint density at radius 2 is 2.50 bits per heavy atom. The number of hydrogen-bond donors (Lipinski definition) is 0. The molecule has 0 aromatic rings. The van der Waals surface area contributed by atoms with Crippen LogP contribution < -0.4 is 0 Å². The van der Waals surface area contributed by atoms with Crippen molar-refractivity contribution in [1.29, 1.82) is 0 Å². The number of rotatable bonds is 0. The SMILES string of the molecule is [TeH]C1=CC=C[SiH2]1. The fraction of sp³-hybridized carbons (Fsp3) is 0. The molecule has 2 heteroatoms. The molecule has 0 aromatic heterocycles. The van der Waals surface area contributed by atoms with Crippen molar-refractivity contribution in [3.8, 4) is 0 Å². The van der Waals surface area contributed by atoms with Gasteiger partial charge in [0.15, 0.2) is 0 Å². The van der Waals surface area contributed by atoms with Gasteiger partial charge >= 0.3 is 52.9 Å². The van der Waals surface area contributed by atoms with Crippen molar-refractivity contribution >= 4 is 31.8 Å². The average molecular weight is 210 g/mol. The molecule has 0 saturated heterocycles. The van der Waals surface area contributed by atoms with E-state index < -0.39 is 0 Å². The van der Waals surface area contributed by atoms with Crippen LogP contribution in [0.2, 0.25) is 0 Å². The molecule has 0 saturated carbocycles. The molecule has 0 amide bonds. The van der Waals surface area contributed by atoms with Crippen molar-refractivity contribution in [2.24, 2.45) is 0 Å². The van der Waals surface area contributed by atoms with Gasteiger partial charge in [0.05, 0.1) is 0 Å². The second-order valence-electron chi connectivity index (χ2n) is 1.29. The van der Waals surface area contributed by atoms with E-state index in [0.717, 1.165) is 0 Å². The molecule has 1 aliphatic rings. The van der Waals surface area contributed by atoms with E-state index in [1.54, 1.807) is 3.24 Å². The predicted octanol–water partition coefficient (Wildman–Crippen LogP) is -0.575. The summed E-state index contributed by atoms with van der Waals surface area (Å²) in [6.45, 7) is 0. The Morgan fingerprint density at radius 1 is 1.67 bits per heavy atom. The normalized spacial score (nSPS) is 22.5. The van der Waals surface area contributed by atoms with Crippen LogP contribution in [0.15, 0.2) is 21.1 Å². The quantitative estimate of drug-likeness (QED) is 0.469. The van der Waals surface area contributed by atoms with E-state index in [0.29, 0.717) is 0 Å². The molecule has 0 N–H and O–H groups in total. The third kappa shape index (κ3) is 0.973. The first-order chi connectivity index (χ1) is 2.89. The summed E-state index contributed by atoms with van der Waals surface area (Å²) in [6.07, 6.45) is 4.39. The maximum atomic E-state index is 2.31. The number of allylic oxidation sites excluding steroid dienone is 2. The Kier molecular flexibility index (Phi) is 1.52. The molecular formula is C4H6SiTe. The summed E-state index contributed by atoms with van der Waals surface area (Å²) >= 11 is 1.88. The molecule has 32 valence electrons. The van der Waals surface area contributed by atoms with E-state index in [2.05, 4.69) is 17.9 Å². The van der Waals surface area contributed by atoms with E-state index in [1.165, 1.54) is 0 Å². The Bertz CT molecular complexity index is 104. The van der Waals surface area contributed by atoms with Crippen LogP contribution >= 0.6 is 0 Å². The third-order valence-corrected chi connectivity index (χ3v) is 3.90. The molecule has 0 bridgehead atoms. The first-order valence-corrected chi connectivity index (χ1v) is 4.74. The molecule has 0 nitrogen and oxygen atoms in total. The van der Waals surface area contributed by atoms with Gasteiger partial charge in [-0.2, -0.15) is 0 Å². The zero-order valence-corrected chi connectivity index (χ0v) is 7.35. The molecule has 0 aromatic carbocycles. The molecule has 0 unspecified atom stereocenters. The van der Waals surface area contributed by atoms with Crippen LogP contribution in [0.5, 0.6) is 0 Å². The van der Waals surface area contributed by atoms with Crippen molar-refractivity contribution in [1.82, 2.24) is 0 Å². The van der Waals surface area contributed by atoms with Crippen molar-refractivity contribution in [2.45, 2.75) is 0 Å². The average Bonchev–Trinajstić information content (AvgIpc) is 1.86. The minimum absolute atomic E-state index is 0.170. The Morgan fingerprint density at radius 3 is 2.67 bits per heavy atom. The van der Waals surface area contributed by atoms with Crippen LogP contribution in [0.4, 0.5) is 0 Å². The van der Waals surface area contributed by atoms with Crippen molar-refractivity contribution in [2.75, 3.05) is 0 Å². The Balaban J connectivity index is 2.61. The van der Waals surface area contributed by atoms with Crippen molar-refractivity contribution in [3.05, 3.63) is 21.1 Å². The van der Waals surface area contributed by atoms with Gasteiger partial charge < -0.3 is 0 Å². The fourth-order valence-corrected chi connectivity index (χ4v) is 2.37. The zero-order valence-electron chi connectivity index (χ0n) is 3.39. The van der Waals surface area contributed by atoms with Crippen molar-refractivity contribution < 1.29 is 0 Å². The molecular weight excluding hydrogens is 204 g/mol. The van der Waals surface area contributed by atoms with E-state index in [-0.39, 0.29) is 9.52 Å². The first kappa shape index (κ1) is 4.64. The summed E-state index contributed by atoms with van der Waals surface area (Å²) in [7, 11) is 0.170. The van der Waals surface area contributed by atoms with Gasteiger partial charge in [-0.25, -0.2) is 0 Å². The van der Waals surface area contributed by atoms with Gasteiger partial charge in [-0.05, 0) is 0 Å². The topological polar surface area (TPSA) is 0 Å². The molecule has 6 heavy (non-hydrogen) atoms. The van der Waals surface area contributed by atoms with Gasteiger partial charge in [-0.1, -0.05) is 0 Å². The second-order valence-corrected chi connectivity index (χ2v) is 6.34. The van der Waals surface area contributed by atoms with E-state index in [9.17, 15) is 0 Å². The maximum absolute atomic E-state index is 2.31. The van der Waals surface area contributed by atoms with Crippen LogP contribution in [0.3, 0.4) is 0 Å². The van der Waals surface area contributed by atoms with Gasteiger partial charge in [0.25, 0.3) is 0 Å². The van der Waals surface area contributed by atoms with Gasteiger partial charge in [0, 0.05) is 0 Å².